The summed E-state index contributed by atoms with van der Waals surface area (Å²) in [5, 5.41) is 0. The Balaban J connectivity index is 3.01. The Bertz CT molecular complexity index is 202. The normalized spacial score (nSPS) is 9.11. The highest BCUT2D eigenvalue weighted by molar-refractivity contribution is 7.80. The molecule has 1 aromatic rings. The van der Waals surface area contributed by atoms with Crippen molar-refractivity contribution in [1.82, 2.24) is 0 Å². The van der Waals surface area contributed by atoms with Gasteiger partial charge in [-0.1, -0.05) is 12.1 Å². The van der Waals surface area contributed by atoms with E-state index in [-0.39, 0.29) is 0 Å². The van der Waals surface area contributed by atoms with Gasteiger partial charge in [0.1, 0.15) is 0 Å². The fourth-order valence-corrected chi connectivity index (χ4v) is 0.770. The van der Waals surface area contributed by atoms with Gasteiger partial charge >= 0.3 is 0 Å². The van der Waals surface area contributed by atoms with Crippen LogP contribution in [0.15, 0.2) is 29.2 Å². The molecule has 0 fully saturated rings. The number of para-hydroxylation sites is 1. The Labute approximate surface area is 59.0 Å². The first-order chi connectivity index (χ1) is 4.34. The molecular formula is C6H7NOS. The Morgan fingerprint density at radius 1 is 1.33 bits per heavy atom. The topological polar surface area (TPSA) is 35.2 Å². The van der Waals surface area contributed by atoms with Crippen molar-refractivity contribution in [3.05, 3.63) is 24.3 Å². The van der Waals surface area contributed by atoms with E-state index in [1.165, 1.54) is 0 Å². The molecule has 0 unspecified atom stereocenters. The van der Waals surface area contributed by atoms with Crippen LogP contribution in [0.25, 0.3) is 0 Å². The van der Waals surface area contributed by atoms with E-state index in [9.17, 15) is 0 Å². The number of nitrogens with two attached hydrogens (primary N) is 1. The molecule has 48 valence electrons. The minimum Gasteiger partial charge on any atom is -0.410 e. The summed E-state index contributed by atoms with van der Waals surface area (Å²) < 4.78 is 0. The van der Waals surface area contributed by atoms with Crippen molar-refractivity contribution < 1.29 is 4.84 Å². The molecule has 0 saturated heterocycles. The molecule has 0 heterocycles. The van der Waals surface area contributed by atoms with Gasteiger partial charge in [-0.25, -0.2) is 0 Å². The van der Waals surface area contributed by atoms with Crippen LogP contribution in [0.4, 0.5) is 0 Å². The quantitative estimate of drug-likeness (QED) is 0.455. The summed E-state index contributed by atoms with van der Waals surface area (Å²) in [5.74, 6) is 5.50. The molecule has 0 bridgehead atoms. The van der Waals surface area contributed by atoms with Gasteiger partial charge in [0, 0.05) is 4.90 Å². The molecule has 0 aliphatic heterocycles. The Morgan fingerprint density at radius 3 is 2.44 bits per heavy atom. The van der Waals surface area contributed by atoms with E-state index in [1.807, 2.05) is 18.2 Å². The molecule has 9 heavy (non-hydrogen) atoms. The van der Waals surface area contributed by atoms with Gasteiger partial charge in [-0.05, 0) is 12.1 Å². The maximum absolute atomic E-state index is 4.90. The molecular weight excluding hydrogens is 134 g/mol. The summed E-state index contributed by atoms with van der Waals surface area (Å²) in [7, 11) is 0. The summed E-state index contributed by atoms with van der Waals surface area (Å²) in [6.45, 7) is 0. The molecule has 3 heteroatoms. The standard InChI is InChI=1S/C6H7NOS/c7-8-5-3-1-2-4-6(5)9/h1-4,9H,7H2. The van der Waals surface area contributed by atoms with E-state index in [4.69, 9.17) is 5.90 Å². The number of rotatable bonds is 1. The van der Waals surface area contributed by atoms with Gasteiger partial charge in [-0.2, -0.15) is 5.90 Å². The van der Waals surface area contributed by atoms with Crippen molar-refractivity contribution in [3.63, 3.8) is 0 Å². The lowest BCUT2D eigenvalue weighted by atomic mass is 10.3. The second kappa shape index (κ2) is 2.75. The average Bonchev–Trinajstić information content (AvgIpc) is 1.89. The smallest absolute Gasteiger partial charge is 0.160 e. The van der Waals surface area contributed by atoms with Crippen molar-refractivity contribution in [2.75, 3.05) is 0 Å². The number of hydrogen-bond donors (Lipinski definition) is 2. The highest BCUT2D eigenvalue weighted by atomic mass is 32.1. The molecule has 1 rings (SSSR count). The minimum absolute atomic E-state index is 0.598. The first kappa shape index (κ1) is 6.45. The third kappa shape index (κ3) is 1.37. The van der Waals surface area contributed by atoms with Crippen LogP contribution in [0.1, 0.15) is 0 Å². The lowest BCUT2D eigenvalue weighted by Gasteiger charge is -1.98. The van der Waals surface area contributed by atoms with Gasteiger partial charge < -0.3 is 4.84 Å². The molecule has 0 aromatic heterocycles. The summed E-state index contributed by atoms with van der Waals surface area (Å²) in [5.41, 5.74) is 0. The van der Waals surface area contributed by atoms with E-state index in [0.717, 1.165) is 4.90 Å². The molecule has 0 radical (unpaired) electrons. The van der Waals surface area contributed by atoms with Crippen LogP contribution in [-0.2, 0) is 0 Å². The van der Waals surface area contributed by atoms with Gasteiger partial charge in [0.15, 0.2) is 5.75 Å². The Morgan fingerprint density at radius 2 is 2.00 bits per heavy atom. The fraction of sp³-hybridized carbons (Fsp3) is 0. The van der Waals surface area contributed by atoms with E-state index >= 15 is 0 Å². The summed E-state index contributed by atoms with van der Waals surface area (Å²) in [4.78, 5) is 5.22. The first-order valence-electron chi connectivity index (χ1n) is 2.49. The fourth-order valence-electron chi connectivity index (χ4n) is 0.557. The second-order valence-corrected chi connectivity index (χ2v) is 2.07. The van der Waals surface area contributed by atoms with Crippen molar-refractivity contribution in [2.24, 2.45) is 5.90 Å². The third-order valence-electron chi connectivity index (χ3n) is 0.992. The van der Waals surface area contributed by atoms with Crippen molar-refractivity contribution in [1.29, 1.82) is 0 Å². The zero-order valence-corrected chi connectivity index (χ0v) is 5.64. The lowest BCUT2D eigenvalue weighted by Crippen LogP contribution is -2.01. The predicted octanol–water partition coefficient (Wildman–Crippen LogP) is 1.23. The number of hydrogen-bond acceptors (Lipinski definition) is 3. The molecule has 2 nitrogen and oxygen atoms in total. The summed E-state index contributed by atoms with van der Waals surface area (Å²) >= 11 is 4.07. The monoisotopic (exact) mass is 141 g/mol. The van der Waals surface area contributed by atoms with E-state index in [2.05, 4.69) is 17.5 Å². The number of benzene rings is 1. The Hall–Kier alpha value is -0.670. The van der Waals surface area contributed by atoms with Crippen LogP contribution in [0.3, 0.4) is 0 Å². The van der Waals surface area contributed by atoms with E-state index < -0.39 is 0 Å². The van der Waals surface area contributed by atoms with Gasteiger partial charge in [0.05, 0.1) is 0 Å². The highest BCUT2D eigenvalue weighted by Gasteiger charge is 1.93. The lowest BCUT2D eigenvalue weighted by molar-refractivity contribution is 0.326. The van der Waals surface area contributed by atoms with Crippen molar-refractivity contribution in [3.8, 4) is 5.75 Å². The molecule has 0 spiro atoms. The molecule has 1 aromatic carbocycles. The van der Waals surface area contributed by atoms with Crippen LogP contribution in [0.5, 0.6) is 5.75 Å². The zero-order valence-electron chi connectivity index (χ0n) is 4.74. The number of thiol groups is 1. The van der Waals surface area contributed by atoms with Crippen LogP contribution in [-0.4, -0.2) is 0 Å². The molecule has 0 aliphatic carbocycles. The van der Waals surface area contributed by atoms with E-state index in [0.29, 0.717) is 5.75 Å². The van der Waals surface area contributed by atoms with Crippen molar-refractivity contribution in [2.45, 2.75) is 4.90 Å². The second-order valence-electron chi connectivity index (χ2n) is 1.59. The third-order valence-corrected chi connectivity index (χ3v) is 1.36. The Kier molecular flexibility index (Phi) is 1.97. The molecule has 0 amide bonds. The molecule has 0 aliphatic rings. The molecule has 0 saturated carbocycles. The molecule has 2 N–H and O–H groups in total. The first-order valence-corrected chi connectivity index (χ1v) is 2.94. The van der Waals surface area contributed by atoms with Crippen LogP contribution >= 0.6 is 12.6 Å². The van der Waals surface area contributed by atoms with Gasteiger partial charge in [0.25, 0.3) is 0 Å². The van der Waals surface area contributed by atoms with Gasteiger partial charge in [0.2, 0.25) is 0 Å². The summed E-state index contributed by atoms with van der Waals surface area (Å²) in [6, 6.07) is 7.26. The SMILES string of the molecule is NOc1ccccc1S. The van der Waals surface area contributed by atoms with Crippen LogP contribution < -0.4 is 10.7 Å². The average molecular weight is 141 g/mol. The maximum Gasteiger partial charge on any atom is 0.160 e. The van der Waals surface area contributed by atoms with E-state index in [1.54, 1.807) is 6.07 Å². The van der Waals surface area contributed by atoms with Gasteiger partial charge in [-0.15, -0.1) is 12.6 Å². The summed E-state index contributed by atoms with van der Waals surface area (Å²) in [6.07, 6.45) is 0. The van der Waals surface area contributed by atoms with Gasteiger partial charge in [-0.3, -0.25) is 0 Å². The zero-order chi connectivity index (χ0) is 6.69. The minimum atomic E-state index is 0.598. The molecule has 0 atom stereocenters. The van der Waals surface area contributed by atoms with Crippen LogP contribution in [0, 0.1) is 0 Å². The highest BCUT2D eigenvalue weighted by Crippen LogP contribution is 2.19. The predicted molar refractivity (Wildman–Crippen MR) is 38.5 cm³/mol. The van der Waals surface area contributed by atoms with Crippen molar-refractivity contribution >= 4 is 12.6 Å². The largest absolute Gasteiger partial charge is 0.410 e. The van der Waals surface area contributed by atoms with Crippen LogP contribution in [0.2, 0.25) is 0 Å². The maximum atomic E-state index is 4.90.